The Hall–Kier alpha value is -3.07. The molecule has 1 heterocycles. The number of aromatic nitrogens is 3. The van der Waals surface area contributed by atoms with Crippen molar-refractivity contribution in [2.24, 2.45) is 0 Å². The molecule has 0 radical (unpaired) electrons. The second-order valence-corrected chi connectivity index (χ2v) is 11.7. The predicted octanol–water partition coefficient (Wildman–Crippen LogP) is 9.03. The lowest BCUT2D eigenvalue weighted by molar-refractivity contribution is 0.0934. The molecule has 1 amide bonds. The van der Waals surface area contributed by atoms with Crippen LogP contribution in [0.1, 0.15) is 33.4 Å². The van der Waals surface area contributed by atoms with Crippen LogP contribution < -0.4 is 5.32 Å². The highest BCUT2D eigenvalue weighted by atomic mass is 35.5. The van der Waals surface area contributed by atoms with Gasteiger partial charge in [-0.25, -0.2) is 4.39 Å². The van der Waals surface area contributed by atoms with E-state index in [4.69, 9.17) is 46.4 Å². The van der Waals surface area contributed by atoms with Gasteiger partial charge < -0.3 is 5.32 Å². The van der Waals surface area contributed by atoms with Crippen LogP contribution in [0.4, 0.5) is 4.39 Å². The third-order valence-corrected chi connectivity index (χ3v) is 8.09. The number of thioether (sulfide) groups is 1. The molecule has 5 nitrogen and oxygen atoms in total. The quantitative estimate of drug-likeness (QED) is 0.163. The maximum Gasteiger partial charge on any atom is 0.251 e. The van der Waals surface area contributed by atoms with E-state index in [9.17, 15) is 9.18 Å². The van der Waals surface area contributed by atoms with Gasteiger partial charge in [0.15, 0.2) is 11.0 Å². The molecule has 0 fully saturated rings. The van der Waals surface area contributed by atoms with Crippen LogP contribution in [0.15, 0.2) is 96.2 Å². The summed E-state index contributed by atoms with van der Waals surface area (Å²) in [4.78, 5) is 13.5. The number of rotatable bonds is 9. The Labute approximate surface area is 260 Å². The highest BCUT2D eigenvalue weighted by Crippen LogP contribution is 2.33. The standard InChI is InChI=1S/C30H21Cl4FN4OS/c31-21-8-11-27(25(34)16-21)39-28(37-38-30(39)41-17-19-6-9-24(35)10-7-19)26(12-18-4-2-1-3-5-18)36-29(40)20-13-22(32)15-23(33)14-20/h1-11,13-16,26H,12,17H2,(H,36,40). The summed E-state index contributed by atoms with van der Waals surface area (Å²) in [5.74, 6) is 0.270. The molecule has 0 aliphatic carbocycles. The van der Waals surface area contributed by atoms with Crippen LogP contribution in [0, 0.1) is 5.82 Å². The van der Waals surface area contributed by atoms with Crippen LogP contribution in [0.3, 0.4) is 0 Å². The zero-order valence-electron chi connectivity index (χ0n) is 21.2. The molecule has 1 unspecified atom stereocenters. The zero-order valence-corrected chi connectivity index (χ0v) is 25.0. The van der Waals surface area contributed by atoms with E-state index in [1.807, 2.05) is 34.9 Å². The first-order chi connectivity index (χ1) is 19.8. The Balaban J connectivity index is 1.57. The molecule has 0 saturated heterocycles. The molecule has 1 N–H and O–H groups in total. The Kier molecular flexibility index (Phi) is 9.53. The van der Waals surface area contributed by atoms with E-state index < -0.39 is 6.04 Å². The van der Waals surface area contributed by atoms with Crippen molar-refractivity contribution in [2.45, 2.75) is 23.4 Å². The van der Waals surface area contributed by atoms with Crippen LogP contribution in [0.5, 0.6) is 0 Å². The summed E-state index contributed by atoms with van der Waals surface area (Å²) in [6, 6.07) is 25.1. The highest BCUT2D eigenvalue weighted by Gasteiger charge is 2.26. The SMILES string of the molecule is O=C(NC(Cc1ccccc1)c1nnc(SCc2ccc(F)cc2)n1-c1ccc(Cl)cc1Cl)c1cc(Cl)cc(Cl)c1. The molecule has 11 heteroatoms. The van der Waals surface area contributed by atoms with Crippen LogP contribution in [0.2, 0.25) is 20.1 Å². The van der Waals surface area contributed by atoms with Crippen LogP contribution in [-0.2, 0) is 12.2 Å². The molecular formula is C30H21Cl4FN4OS. The maximum atomic E-state index is 13.5. The lowest BCUT2D eigenvalue weighted by Gasteiger charge is -2.21. The van der Waals surface area contributed by atoms with Gasteiger partial charge >= 0.3 is 0 Å². The fourth-order valence-electron chi connectivity index (χ4n) is 4.20. The molecule has 0 spiro atoms. The predicted molar refractivity (Wildman–Crippen MR) is 164 cm³/mol. The number of benzene rings is 4. The highest BCUT2D eigenvalue weighted by molar-refractivity contribution is 7.98. The largest absolute Gasteiger partial charge is 0.342 e. The maximum absolute atomic E-state index is 13.5. The van der Waals surface area contributed by atoms with Gasteiger partial charge in [-0.3, -0.25) is 9.36 Å². The van der Waals surface area contributed by atoms with E-state index in [0.717, 1.165) is 11.1 Å². The Bertz CT molecular complexity index is 1660. The van der Waals surface area contributed by atoms with E-state index >= 15 is 0 Å². The molecule has 5 aromatic rings. The minimum Gasteiger partial charge on any atom is -0.342 e. The van der Waals surface area contributed by atoms with Crippen molar-refractivity contribution in [2.75, 3.05) is 0 Å². The van der Waals surface area contributed by atoms with Gasteiger partial charge in [-0.2, -0.15) is 0 Å². The van der Waals surface area contributed by atoms with E-state index in [-0.39, 0.29) is 11.7 Å². The van der Waals surface area contributed by atoms with Crippen molar-refractivity contribution in [3.8, 4) is 5.69 Å². The van der Waals surface area contributed by atoms with Crippen molar-refractivity contribution in [3.63, 3.8) is 0 Å². The number of carbonyl (C=O) groups is 1. The van der Waals surface area contributed by atoms with Gasteiger partial charge in [-0.05, 0) is 66.1 Å². The topological polar surface area (TPSA) is 59.8 Å². The fourth-order valence-corrected chi connectivity index (χ4v) is 6.13. The molecule has 4 aromatic carbocycles. The van der Waals surface area contributed by atoms with Crippen LogP contribution in [0.25, 0.3) is 5.69 Å². The smallest absolute Gasteiger partial charge is 0.251 e. The summed E-state index contributed by atoms with van der Waals surface area (Å²) >= 11 is 26.6. The number of carbonyl (C=O) groups excluding carboxylic acids is 1. The summed E-state index contributed by atoms with van der Waals surface area (Å²) in [5, 5.41) is 14.2. The molecule has 0 saturated carbocycles. The molecule has 1 atom stereocenters. The molecule has 5 rings (SSSR count). The van der Waals surface area contributed by atoms with E-state index in [0.29, 0.717) is 54.5 Å². The molecule has 0 bridgehead atoms. The number of nitrogens with one attached hydrogen (secondary N) is 1. The van der Waals surface area contributed by atoms with E-state index in [1.165, 1.54) is 23.9 Å². The lowest BCUT2D eigenvalue weighted by Crippen LogP contribution is -2.32. The summed E-state index contributed by atoms with van der Waals surface area (Å²) in [7, 11) is 0. The lowest BCUT2D eigenvalue weighted by atomic mass is 10.0. The minimum atomic E-state index is -0.623. The number of halogens is 5. The van der Waals surface area contributed by atoms with Gasteiger partial charge in [-0.15, -0.1) is 10.2 Å². The number of hydrogen-bond donors (Lipinski definition) is 1. The van der Waals surface area contributed by atoms with Gasteiger partial charge in [-0.1, -0.05) is 101 Å². The number of amides is 1. The average Bonchev–Trinajstić information content (AvgIpc) is 3.36. The first-order valence-electron chi connectivity index (χ1n) is 12.4. The molecule has 208 valence electrons. The summed E-state index contributed by atoms with van der Waals surface area (Å²) in [5.41, 5.74) is 2.78. The van der Waals surface area contributed by atoms with E-state index in [1.54, 1.807) is 48.5 Å². The summed E-state index contributed by atoms with van der Waals surface area (Å²) < 4.78 is 15.3. The number of hydrogen-bond acceptors (Lipinski definition) is 4. The molecule has 0 aliphatic rings. The van der Waals surface area contributed by atoms with Crippen molar-refractivity contribution in [1.29, 1.82) is 0 Å². The van der Waals surface area contributed by atoms with Crippen molar-refractivity contribution < 1.29 is 9.18 Å². The number of nitrogens with zero attached hydrogens (tertiary/aromatic N) is 3. The average molecular weight is 646 g/mol. The van der Waals surface area contributed by atoms with Crippen LogP contribution >= 0.6 is 58.2 Å². The normalized spacial score (nSPS) is 11.8. The van der Waals surface area contributed by atoms with Gasteiger partial charge in [0.2, 0.25) is 0 Å². The Morgan fingerprint density at radius 2 is 1.54 bits per heavy atom. The summed E-state index contributed by atoms with van der Waals surface area (Å²) in [6.45, 7) is 0. The van der Waals surface area contributed by atoms with Crippen molar-refractivity contribution in [1.82, 2.24) is 20.1 Å². The third-order valence-electron chi connectivity index (χ3n) is 6.11. The van der Waals surface area contributed by atoms with Gasteiger partial charge in [0.25, 0.3) is 5.91 Å². The Morgan fingerprint density at radius 3 is 2.22 bits per heavy atom. The monoisotopic (exact) mass is 644 g/mol. The van der Waals surface area contributed by atoms with Gasteiger partial charge in [0.1, 0.15) is 5.82 Å². The molecular weight excluding hydrogens is 625 g/mol. The van der Waals surface area contributed by atoms with Gasteiger partial charge in [0.05, 0.1) is 16.8 Å². The Morgan fingerprint density at radius 1 is 0.829 bits per heavy atom. The second-order valence-electron chi connectivity index (χ2n) is 9.06. The minimum absolute atomic E-state index is 0.307. The zero-order chi connectivity index (χ0) is 28.9. The van der Waals surface area contributed by atoms with Gasteiger partial charge in [0, 0.05) is 26.4 Å². The van der Waals surface area contributed by atoms with E-state index in [2.05, 4.69) is 15.5 Å². The second kappa shape index (κ2) is 13.3. The van der Waals surface area contributed by atoms with Crippen molar-refractivity contribution >= 4 is 64.1 Å². The first-order valence-corrected chi connectivity index (χ1v) is 14.9. The molecule has 0 aliphatic heterocycles. The molecule has 1 aromatic heterocycles. The van der Waals surface area contributed by atoms with Crippen LogP contribution in [-0.4, -0.2) is 20.7 Å². The summed E-state index contributed by atoms with van der Waals surface area (Å²) in [6.07, 6.45) is 0.410. The fraction of sp³-hybridized carbons (Fsp3) is 0.100. The first kappa shape index (κ1) is 29.4. The van der Waals surface area contributed by atoms with Crippen molar-refractivity contribution in [3.05, 3.63) is 139 Å². The molecule has 41 heavy (non-hydrogen) atoms. The third kappa shape index (κ3) is 7.42.